The molecule has 102 valence electrons. The van der Waals surface area contributed by atoms with Crippen molar-refractivity contribution in [1.29, 1.82) is 0 Å². The van der Waals surface area contributed by atoms with Crippen LogP contribution in [0.3, 0.4) is 0 Å². The molecular weight excluding hydrogens is 230 g/mol. The maximum Gasteiger partial charge on any atom is 0.0132 e. The fourth-order valence-electron chi connectivity index (χ4n) is 4.76. The highest BCUT2D eigenvalue weighted by atomic mass is 14.9. The van der Waals surface area contributed by atoms with Crippen LogP contribution in [0.15, 0.2) is 24.3 Å². The van der Waals surface area contributed by atoms with Crippen LogP contribution in [0.4, 0.5) is 0 Å². The monoisotopic (exact) mass is 255 g/mol. The van der Waals surface area contributed by atoms with Crippen molar-refractivity contribution >= 4 is 0 Å². The topological polar surface area (TPSA) is 12.0 Å². The summed E-state index contributed by atoms with van der Waals surface area (Å²) < 4.78 is 0. The van der Waals surface area contributed by atoms with Crippen molar-refractivity contribution in [3.8, 4) is 0 Å². The predicted octanol–water partition coefficient (Wildman–Crippen LogP) is 3.74. The van der Waals surface area contributed by atoms with E-state index in [9.17, 15) is 0 Å². The van der Waals surface area contributed by atoms with Crippen molar-refractivity contribution in [2.45, 2.75) is 51.0 Å². The lowest BCUT2D eigenvalue weighted by molar-refractivity contribution is 0.205. The average Bonchev–Trinajstić information content (AvgIpc) is 3.11. The van der Waals surface area contributed by atoms with E-state index in [0.717, 1.165) is 36.3 Å². The maximum atomic E-state index is 3.83. The third-order valence-corrected chi connectivity index (χ3v) is 5.90. The second-order valence-electron chi connectivity index (χ2n) is 6.78. The van der Waals surface area contributed by atoms with Crippen LogP contribution in [0.1, 0.15) is 49.7 Å². The SMILES string of the molecule is CCNC(C1CCC1)C1C2CCc3ccccc3C21. The maximum absolute atomic E-state index is 3.83. The molecule has 0 radical (unpaired) electrons. The minimum absolute atomic E-state index is 0.805. The molecule has 1 aromatic rings. The first-order chi connectivity index (χ1) is 9.40. The van der Waals surface area contributed by atoms with Gasteiger partial charge in [0.25, 0.3) is 0 Å². The van der Waals surface area contributed by atoms with E-state index in [1.165, 1.54) is 32.1 Å². The lowest BCUT2D eigenvalue weighted by Gasteiger charge is -2.35. The Morgan fingerprint density at radius 2 is 2.05 bits per heavy atom. The highest BCUT2D eigenvalue weighted by molar-refractivity contribution is 5.40. The Kier molecular flexibility index (Phi) is 2.91. The number of rotatable bonds is 4. The van der Waals surface area contributed by atoms with Gasteiger partial charge < -0.3 is 5.32 Å². The van der Waals surface area contributed by atoms with Gasteiger partial charge in [-0.25, -0.2) is 0 Å². The zero-order valence-corrected chi connectivity index (χ0v) is 11.9. The van der Waals surface area contributed by atoms with Crippen LogP contribution >= 0.6 is 0 Å². The first-order valence-electron chi connectivity index (χ1n) is 8.21. The summed E-state index contributed by atoms with van der Waals surface area (Å²) in [5.41, 5.74) is 3.32. The number of aryl methyl sites for hydroxylation is 1. The van der Waals surface area contributed by atoms with Crippen LogP contribution in [-0.2, 0) is 6.42 Å². The summed E-state index contributed by atoms with van der Waals surface area (Å²) in [6, 6.07) is 10.0. The molecule has 1 N–H and O–H groups in total. The standard InChI is InChI=1S/C18H25N/c1-2-19-18(13-7-5-8-13)17-15-11-10-12-6-3-4-9-14(12)16(15)17/h3-4,6,9,13,15-19H,2,5,7-8,10-11H2,1H3. The molecule has 1 nitrogen and oxygen atoms in total. The summed E-state index contributed by atoms with van der Waals surface area (Å²) in [6.07, 6.45) is 7.15. The molecule has 2 fully saturated rings. The molecule has 0 aliphatic heterocycles. The summed E-state index contributed by atoms with van der Waals surface area (Å²) in [7, 11) is 0. The molecule has 1 aromatic carbocycles. The van der Waals surface area contributed by atoms with Crippen LogP contribution in [0.2, 0.25) is 0 Å². The second kappa shape index (κ2) is 4.63. The number of hydrogen-bond donors (Lipinski definition) is 1. The minimum atomic E-state index is 0.805. The molecule has 0 bridgehead atoms. The van der Waals surface area contributed by atoms with Crippen LogP contribution in [-0.4, -0.2) is 12.6 Å². The van der Waals surface area contributed by atoms with Gasteiger partial charge in [-0.15, -0.1) is 0 Å². The number of benzene rings is 1. The Morgan fingerprint density at radius 3 is 2.79 bits per heavy atom. The third-order valence-electron chi connectivity index (χ3n) is 5.90. The Balaban J connectivity index is 1.58. The fraction of sp³-hybridized carbons (Fsp3) is 0.667. The molecule has 0 aromatic heterocycles. The predicted molar refractivity (Wildman–Crippen MR) is 79.3 cm³/mol. The average molecular weight is 255 g/mol. The van der Waals surface area contributed by atoms with E-state index in [4.69, 9.17) is 0 Å². The fourth-order valence-corrected chi connectivity index (χ4v) is 4.76. The van der Waals surface area contributed by atoms with E-state index in [-0.39, 0.29) is 0 Å². The van der Waals surface area contributed by atoms with E-state index in [1.54, 1.807) is 11.1 Å². The molecule has 0 saturated heterocycles. The van der Waals surface area contributed by atoms with E-state index >= 15 is 0 Å². The van der Waals surface area contributed by atoms with E-state index in [0.29, 0.717) is 0 Å². The first-order valence-corrected chi connectivity index (χ1v) is 8.21. The highest BCUT2D eigenvalue weighted by Crippen LogP contribution is 2.63. The second-order valence-corrected chi connectivity index (χ2v) is 6.78. The Bertz CT molecular complexity index is 463. The van der Waals surface area contributed by atoms with Gasteiger partial charge in [0, 0.05) is 6.04 Å². The van der Waals surface area contributed by atoms with Crippen molar-refractivity contribution in [1.82, 2.24) is 5.32 Å². The van der Waals surface area contributed by atoms with Crippen LogP contribution in [0.25, 0.3) is 0 Å². The van der Waals surface area contributed by atoms with E-state index < -0.39 is 0 Å². The molecule has 3 aliphatic carbocycles. The van der Waals surface area contributed by atoms with Crippen molar-refractivity contribution in [2.24, 2.45) is 17.8 Å². The lowest BCUT2D eigenvalue weighted by Crippen LogP contribution is -2.41. The molecule has 0 spiro atoms. The Labute approximate surface area is 116 Å². The number of nitrogens with one attached hydrogen (secondary N) is 1. The molecule has 1 heteroatoms. The zero-order valence-electron chi connectivity index (χ0n) is 11.9. The molecule has 4 atom stereocenters. The van der Waals surface area contributed by atoms with Gasteiger partial charge >= 0.3 is 0 Å². The van der Waals surface area contributed by atoms with Gasteiger partial charge in [0.1, 0.15) is 0 Å². The molecule has 0 heterocycles. The summed E-state index contributed by atoms with van der Waals surface area (Å²) in [5.74, 6) is 3.78. The van der Waals surface area contributed by atoms with Gasteiger partial charge in [-0.3, -0.25) is 0 Å². The van der Waals surface area contributed by atoms with Crippen molar-refractivity contribution < 1.29 is 0 Å². The summed E-state index contributed by atoms with van der Waals surface area (Å²) >= 11 is 0. The molecule has 4 unspecified atom stereocenters. The van der Waals surface area contributed by atoms with Gasteiger partial charge in [0.05, 0.1) is 0 Å². The summed E-state index contributed by atoms with van der Waals surface area (Å²) in [4.78, 5) is 0. The van der Waals surface area contributed by atoms with Crippen LogP contribution in [0.5, 0.6) is 0 Å². The quantitative estimate of drug-likeness (QED) is 0.864. The van der Waals surface area contributed by atoms with Crippen LogP contribution in [0, 0.1) is 17.8 Å². The zero-order chi connectivity index (χ0) is 12.8. The Hall–Kier alpha value is -0.820. The summed E-state index contributed by atoms with van der Waals surface area (Å²) in [5, 5.41) is 3.83. The van der Waals surface area contributed by atoms with Crippen LogP contribution < -0.4 is 5.32 Å². The molecule has 2 saturated carbocycles. The molecule has 4 rings (SSSR count). The lowest BCUT2D eigenvalue weighted by atomic mass is 9.77. The van der Waals surface area contributed by atoms with Gasteiger partial charge in [-0.05, 0) is 67.0 Å². The molecule has 0 amide bonds. The number of hydrogen-bond acceptors (Lipinski definition) is 1. The number of fused-ring (bicyclic) bond motifs is 3. The smallest absolute Gasteiger partial charge is 0.0132 e. The van der Waals surface area contributed by atoms with Crippen molar-refractivity contribution in [3.05, 3.63) is 35.4 Å². The van der Waals surface area contributed by atoms with Gasteiger partial charge in [0.2, 0.25) is 0 Å². The molecule has 3 aliphatic rings. The summed E-state index contributed by atoms with van der Waals surface area (Å²) in [6.45, 7) is 3.41. The third kappa shape index (κ3) is 1.86. The first kappa shape index (κ1) is 12.0. The normalized spacial score (nSPS) is 34.1. The van der Waals surface area contributed by atoms with E-state index in [2.05, 4.69) is 36.5 Å². The Morgan fingerprint density at radius 1 is 1.21 bits per heavy atom. The molecular formula is C18H25N. The minimum Gasteiger partial charge on any atom is -0.314 e. The van der Waals surface area contributed by atoms with Gasteiger partial charge in [-0.1, -0.05) is 37.6 Å². The van der Waals surface area contributed by atoms with Gasteiger partial charge in [-0.2, -0.15) is 0 Å². The largest absolute Gasteiger partial charge is 0.314 e. The van der Waals surface area contributed by atoms with E-state index in [1.807, 2.05) is 0 Å². The van der Waals surface area contributed by atoms with Gasteiger partial charge in [0.15, 0.2) is 0 Å². The highest BCUT2D eigenvalue weighted by Gasteiger charge is 2.57. The molecule has 19 heavy (non-hydrogen) atoms. The van der Waals surface area contributed by atoms with Crippen molar-refractivity contribution in [3.63, 3.8) is 0 Å². The van der Waals surface area contributed by atoms with Crippen molar-refractivity contribution in [2.75, 3.05) is 6.54 Å².